The summed E-state index contributed by atoms with van der Waals surface area (Å²) >= 11 is 0. The summed E-state index contributed by atoms with van der Waals surface area (Å²) in [6.07, 6.45) is 5.05. The van der Waals surface area contributed by atoms with E-state index in [0.717, 1.165) is 37.3 Å². The van der Waals surface area contributed by atoms with Crippen LogP contribution in [0.4, 0.5) is 0 Å². The highest BCUT2D eigenvalue weighted by molar-refractivity contribution is 5.92. The number of aromatic nitrogens is 2. The third-order valence-electron chi connectivity index (χ3n) is 4.31. The van der Waals surface area contributed by atoms with E-state index in [9.17, 15) is 4.79 Å². The number of nitrogens with zero attached hydrogens (tertiary/aromatic N) is 3. The van der Waals surface area contributed by atoms with Crippen molar-refractivity contribution in [2.75, 3.05) is 13.1 Å². The molecule has 0 radical (unpaired) electrons. The molecule has 21 heavy (non-hydrogen) atoms. The number of carbonyl (C=O) groups is 1. The molecule has 108 valence electrons. The summed E-state index contributed by atoms with van der Waals surface area (Å²) in [7, 11) is 0. The Hall–Kier alpha value is -2.17. The van der Waals surface area contributed by atoms with Crippen molar-refractivity contribution in [3.8, 4) is 0 Å². The Morgan fingerprint density at radius 2 is 2.14 bits per heavy atom. The Morgan fingerprint density at radius 1 is 1.24 bits per heavy atom. The van der Waals surface area contributed by atoms with Gasteiger partial charge in [-0.1, -0.05) is 11.2 Å². The molecular weight excluding hydrogens is 266 g/mol. The molecule has 2 fully saturated rings. The number of pyridine rings is 1. The van der Waals surface area contributed by atoms with Crippen LogP contribution in [0.25, 0.3) is 0 Å². The Labute approximate surface area is 123 Å². The summed E-state index contributed by atoms with van der Waals surface area (Å²) in [6, 6.07) is 7.75. The number of rotatable bonds is 3. The van der Waals surface area contributed by atoms with Crippen LogP contribution in [0.2, 0.25) is 0 Å². The summed E-state index contributed by atoms with van der Waals surface area (Å²) in [4.78, 5) is 18.7. The number of carbonyl (C=O) groups excluding carboxylic acids is 1. The van der Waals surface area contributed by atoms with E-state index in [0.29, 0.717) is 24.1 Å². The monoisotopic (exact) mass is 283 g/mol. The van der Waals surface area contributed by atoms with Gasteiger partial charge in [0.25, 0.3) is 5.91 Å². The van der Waals surface area contributed by atoms with Crippen molar-refractivity contribution in [3.05, 3.63) is 47.6 Å². The summed E-state index contributed by atoms with van der Waals surface area (Å²) in [6.45, 7) is 1.47. The first kappa shape index (κ1) is 12.6. The summed E-state index contributed by atoms with van der Waals surface area (Å²) < 4.78 is 5.27. The van der Waals surface area contributed by atoms with Crippen LogP contribution in [-0.4, -0.2) is 34.0 Å². The zero-order valence-electron chi connectivity index (χ0n) is 11.7. The molecule has 0 spiro atoms. The van der Waals surface area contributed by atoms with Crippen molar-refractivity contribution < 1.29 is 9.32 Å². The summed E-state index contributed by atoms with van der Waals surface area (Å²) in [5.74, 6) is 1.65. The Morgan fingerprint density at radius 3 is 2.90 bits per heavy atom. The largest absolute Gasteiger partial charge is 0.360 e. The van der Waals surface area contributed by atoms with Gasteiger partial charge in [0.2, 0.25) is 0 Å². The van der Waals surface area contributed by atoms with E-state index >= 15 is 0 Å². The van der Waals surface area contributed by atoms with Gasteiger partial charge in [0.05, 0.1) is 0 Å². The van der Waals surface area contributed by atoms with Gasteiger partial charge in [-0.2, -0.15) is 0 Å². The van der Waals surface area contributed by atoms with Gasteiger partial charge in [-0.05, 0) is 31.4 Å². The smallest absolute Gasteiger partial charge is 0.276 e. The minimum absolute atomic E-state index is 0.0240. The number of amides is 1. The van der Waals surface area contributed by atoms with Crippen molar-refractivity contribution in [3.63, 3.8) is 0 Å². The van der Waals surface area contributed by atoms with E-state index in [1.165, 1.54) is 0 Å². The topological polar surface area (TPSA) is 59.2 Å². The van der Waals surface area contributed by atoms with Crippen LogP contribution < -0.4 is 0 Å². The third kappa shape index (κ3) is 2.44. The normalized spacial score (nSPS) is 21.7. The van der Waals surface area contributed by atoms with Gasteiger partial charge in [0.15, 0.2) is 5.69 Å². The molecule has 0 N–H and O–H groups in total. The first-order chi connectivity index (χ1) is 10.3. The van der Waals surface area contributed by atoms with Crippen LogP contribution >= 0.6 is 0 Å². The molecule has 1 aliphatic carbocycles. The first-order valence-corrected chi connectivity index (χ1v) is 7.48. The molecule has 4 rings (SSSR count). The predicted octanol–water partition coefficient (Wildman–Crippen LogP) is 2.58. The lowest BCUT2D eigenvalue weighted by atomic mass is 10.0. The second-order valence-corrected chi connectivity index (χ2v) is 5.88. The molecular formula is C16H17N3O2. The molecule has 1 atom stereocenters. The van der Waals surface area contributed by atoms with Crippen LogP contribution in [0.3, 0.4) is 0 Å². The highest BCUT2D eigenvalue weighted by Crippen LogP contribution is 2.40. The maximum atomic E-state index is 12.5. The average Bonchev–Trinajstić information content (AvgIpc) is 3.06. The van der Waals surface area contributed by atoms with Crippen LogP contribution in [-0.2, 0) is 0 Å². The molecule has 1 amide bonds. The summed E-state index contributed by atoms with van der Waals surface area (Å²) in [5.41, 5.74) is 1.50. The van der Waals surface area contributed by atoms with Gasteiger partial charge >= 0.3 is 0 Å². The van der Waals surface area contributed by atoms with Crippen LogP contribution in [0.1, 0.15) is 53.0 Å². The van der Waals surface area contributed by atoms with Crippen LogP contribution in [0, 0.1) is 0 Å². The Kier molecular flexibility index (Phi) is 2.98. The molecule has 1 aliphatic heterocycles. The van der Waals surface area contributed by atoms with E-state index in [4.69, 9.17) is 4.52 Å². The van der Waals surface area contributed by atoms with Crippen molar-refractivity contribution in [2.45, 2.75) is 31.1 Å². The maximum Gasteiger partial charge on any atom is 0.276 e. The van der Waals surface area contributed by atoms with Crippen molar-refractivity contribution >= 4 is 5.91 Å². The Balaban J connectivity index is 1.45. The fourth-order valence-corrected chi connectivity index (χ4v) is 2.92. The van der Waals surface area contributed by atoms with E-state index in [1.807, 2.05) is 29.2 Å². The SMILES string of the molecule is O=C(c1cc(C2CC2)on1)N1CCC(c2ccccn2)C1. The molecule has 1 unspecified atom stereocenters. The fraction of sp³-hybridized carbons (Fsp3) is 0.438. The first-order valence-electron chi connectivity index (χ1n) is 7.48. The molecule has 2 aliphatic rings. The van der Waals surface area contributed by atoms with E-state index in [-0.39, 0.29) is 5.91 Å². The quantitative estimate of drug-likeness (QED) is 0.868. The van der Waals surface area contributed by atoms with Gasteiger partial charge in [-0.15, -0.1) is 0 Å². The van der Waals surface area contributed by atoms with Gasteiger partial charge in [0.1, 0.15) is 5.76 Å². The van der Waals surface area contributed by atoms with E-state index in [2.05, 4.69) is 10.1 Å². The second-order valence-electron chi connectivity index (χ2n) is 5.88. The zero-order valence-corrected chi connectivity index (χ0v) is 11.7. The fourth-order valence-electron chi connectivity index (χ4n) is 2.92. The third-order valence-corrected chi connectivity index (χ3v) is 4.31. The second kappa shape index (κ2) is 4.98. The lowest BCUT2D eigenvalue weighted by Crippen LogP contribution is -2.28. The van der Waals surface area contributed by atoms with Gasteiger partial charge in [-0.25, -0.2) is 0 Å². The number of likely N-dealkylation sites (tertiary alicyclic amines) is 1. The molecule has 3 heterocycles. The number of hydrogen-bond donors (Lipinski definition) is 0. The molecule has 1 saturated carbocycles. The molecule has 2 aromatic heterocycles. The van der Waals surface area contributed by atoms with Crippen molar-refractivity contribution in [1.82, 2.24) is 15.0 Å². The maximum absolute atomic E-state index is 12.5. The van der Waals surface area contributed by atoms with E-state index < -0.39 is 0 Å². The van der Waals surface area contributed by atoms with Crippen LogP contribution in [0.5, 0.6) is 0 Å². The molecule has 5 heteroatoms. The number of hydrogen-bond acceptors (Lipinski definition) is 4. The van der Waals surface area contributed by atoms with E-state index in [1.54, 1.807) is 6.20 Å². The molecule has 2 aromatic rings. The van der Waals surface area contributed by atoms with Crippen molar-refractivity contribution in [1.29, 1.82) is 0 Å². The van der Waals surface area contributed by atoms with Crippen molar-refractivity contribution in [2.24, 2.45) is 0 Å². The molecule has 0 aromatic carbocycles. The highest BCUT2D eigenvalue weighted by atomic mass is 16.5. The molecule has 0 bridgehead atoms. The standard InChI is InChI=1S/C16H17N3O2/c20-16(14-9-15(21-18-14)11-4-5-11)19-8-6-12(10-19)13-3-1-2-7-17-13/h1-3,7,9,11-12H,4-6,8,10H2. The van der Waals surface area contributed by atoms with Gasteiger partial charge in [0, 0.05) is 42.9 Å². The Bertz CT molecular complexity index is 649. The summed E-state index contributed by atoms with van der Waals surface area (Å²) in [5, 5.41) is 3.94. The molecule has 5 nitrogen and oxygen atoms in total. The lowest BCUT2D eigenvalue weighted by molar-refractivity contribution is 0.0780. The lowest BCUT2D eigenvalue weighted by Gasteiger charge is -2.14. The molecule has 1 saturated heterocycles. The average molecular weight is 283 g/mol. The minimum Gasteiger partial charge on any atom is -0.360 e. The zero-order chi connectivity index (χ0) is 14.2. The minimum atomic E-state index is -0.0240. The van der Waals surface area contributed by atoms with Gasteiger partial charge in [-0.3, -0.25) is 9.78 Å². The van der Waals surface area contributed by atoms with Gasteiger partial charge < -0.3 is 9.42 Å². The highest BCUT2D eigenvalue weighted by Gasteiger charge is 2.32. The predicted molar refractivity (Wildman–Crippen MR) is 76.0 cm³/mol. The van der Waals surface area contributed by atoms with Crippen LogP contribution in [0.15, 0.2) is 35.0 Å².